The van der Waals surface area contributed by atoms with Gasteiger partial charge in [0, 0.05) is 25.7 Å². The largest absolute Gasteiger partial charge is 0.468 e. The summed E-state index contributed by atoms with van der Waals surface area (Å²) in [5, 5.41) is 12.7. The number of nitrogens with one attached hydrogen (secondary N) is 1. The number of likely N-dealkylation sites (tertiary alicyclic amines) is 1. The van der Waals surface area contributed by atoms with Crippen LogP contribution in [0.5, 0.6) is 0 Å². The molecular weight excluding hydrogens is 244 g/mol. The first-order valence-electron chi connectivity index (χ1n) is 7.34. The fourth-order valence-electron chi connectivity index (χ4n) is 2.87. The average molecular weight is 270 g/mol. The van der Waals surface area contributed by atoms with E-state index in [2.05, 4.69) is 10.2 Å². The third kappa shape index (κ3) is 5.09. The fourth-order valence-corrected chi connectivity index (χ4v) is 2.87. The van der Waals surface area contributed by atoms with Gasteiger partial charge in [-0.2, -0.15) is 0 Å². The van der Waals surface area contributed by atoms with Crippen LogP contribution in [0.15, 0.2) is 0 Å². The lowest BCUT2D eigenvalue weighted by Crippen LogP contribution is -2.51. The SMILES string of the molecule is COC(=O)CN1CC(CCO)CC(NCC2CC2)C1. The number of hydrogen-bond acceptors (Lipinski definition) is 5. The van der Waals surface area contributed by atoms with Gasteiger partial charge in [0.2, 0.25) is 0 Å². The van der Waals surface area contributed by atoms with Crippen LogP contribution in [-0.2, 0) is 9.53 Å². The van der Waals surface area contributed by atoms with E-state index in [0.29, 0.717) is 18.5 Å². The first-order chi connectivity index (χ1) is 9.21. The van der Waals surface area contributed by atoms with E-state index in [0.717, 1.165) is 38.4 Å². The van der Waals surface area contributed by atoms with Crippen LogP contribution in [0, 0.1) is 11.8 Å². The van der Waals surface area contributed by atoms with Gasteiger partial charge in [-0.25, -0.2) is 0 Å². The van der Waals surface area contributed by atoms with Crippen LogP contribution in [0.4, 0.5) is 0 Å². The number of carbonyl (C=O) groups excluding carboxylic acids is 1. The first kappa shape index (κ1) is 14.8. The Morgan fingerprint density at radius 2 is 2.16 bits per heavy atom. The van der Waals surface area contributed by atoms with E-state index in [1.54, 1.807) is 0 Å². The van der Waals surface area contributed by atoms with E-state index >= 15 is 0 Å². The number of methoxy groups -OCH3 is 1. The van der Waals surface area contributed by atoms with Gasteiger partial charge in [0.05, 0.1) is 13.7 Å². The van der Waals surface area contributed by atoms with E-state index in [4.69, 9.17) is 9.84 Å². The maximum absolute atomic E-state index is 11.4. The lowest BCUT2D eigenvalue weighted by atomic mass is 9.91. The number of nitrogens with zero attached hydrogens (tertiary/aromatic N) is 1. The zero-order chi connectivity index (χ0) is 13.7. The van der Waals surface area contributed by atoms with Crippen molar-refractivity contribution in [2.24, 2.45) is 11.8 Å². The average Bonchev–Trinajstić information content (AvgIpc) is 3.20. The molecule has 1 saturated carbocycles. The molecule has 2 unspecified atom stereocenters. The number of carbonyl (C=O) groups is 1. The molecular formula is C14H26N2O3. The zero-order valence-corrected chi connectivity index (χ0v) is 11.8. The molecule has 2 fully saturated rings. The Hall–Kier alpha value is -0.650. The first-order valence-corrected chi connectivity index (χ1v) is 7.34. The van der Waals surface area contributed by atoms with E-state index in [1.807, 2.05) is 0 Å². The van der Waals surface area contributed by atoms with Crippen molar-refractivity contribution in [1.82, 2.24) is 10.2 Å². The lowest BCUT2D eigenvalue weighted by Gasteiger charge is -2.37. The van der Waals surface area contributed by atoms with Gasteiger partial charge in [0.25, 0.3) is 0 Å². The smallest absolute Gasteiger partial charge is 0.319 e. The van der Waals surface area contributed by atoms with Crippen LogP contribution in [0.1, 0.15) is 25.7 Å². The van der Waals surface area contributed by atoms with E-state index < -0.39 is 0 Å². The van der Waals surface area contributed by atoms with Crippen LogP contribution in [0.2, 0.25) is 0 Å². The second kappa shape index (κ2) is 7.22. The Labute approximate surface area is 115 Å². The van der Waals surface area contributed by atoms with Crippen molar-refractivity contribution in [1.29, 1.82) is 0 Å². The number of piperidine rings is 1. The molecule has 0 aromatic heterocycles. The Morgan fingerprint density at radius 3 is 2.79 bits per heavy atom. The molecule has 0 radical (unpaired) electrons. The van der Waals surface area contributed by atoms with Gasteiger partial charge in [-0.15, -0.1) is 0 Å². The molecule has 2 rings (SSSR count). The van der Waals surface area contributed by atoms with E-state index in [-0.39, 0.29) is 12.6 Å². The molecule has 0 spiro atoms. The van der Waals surface area contributed by atoms with Crippen molar-refractivity contribution < 1.29 is 14.6 Å². The van der Waals surface area contributed by atoms with Crippen molar-refractivity contribution in [3.63, 3.8) is 0 Å². The molecule has 1 heterocycles. The van der Waals surface area contributed by atoms with Crippen molar-refractivity contribution in [3.05, 3.63) is 0 Å². The quantitative estimate of drug-likeness (QED) is 0.649. The van der Waals surface area contributed by atoms with Crippen LogP contribution in [-0.4, -0.2) is 61.9 Å². The number of hydrogen-bond donors (Lipinski definition) is 2. The van der Waals surface area contributed by atoms with Gasteiger partial charge in [-0.3, -0.25) is 9.69 Å². The molecule has 1 aliphatic carbocycles. The summed E-state index contributed by atoms with van der Waals surface area (Å²) in [6, 6.07) is 0.440. The zero-order valence-electron chi connectivity index (χ0n) is 11.8. The van der Waals surface area contributed by atoms with Crippen molar-refractivity contribution in [2.45, 2.75) is 31.7 Å². The highest BCUT2D eigenvalue weighted by Crippen LogP contribution is 2.28. The molecule has 110 valence electrons. The standard InChI is InChI=1S/C14H26N2O3/c1-19-14(18)10-16-8-12(4-5-17)6-13(9-16)15-7-11-2-3-11/h11-13,15,17H,2-10H2,1H3. The van der Waals surface area contributed by atoms with Crippen LogP contribution < -0.4 is 5.32 Å². The number of aliphatic hydroxyl groups excluding tert-OH is 1. The number of aliphatic hydroxyl groups is 1. The van der Waals surface area contributed by atoms with Gasteiger partial charge in [0.1, 0.15) is 0 Å². The third-order valence-electron chi connectivity index (χ3n) is 4.12. The minimum absolute atomic E-state index is 0.175. The van der Waals surface area contributed by atoms with Crippen LogP contribution >= 0.6 is 0 Å². The highest BCUT2D eigenvalue weighted by molar-refractivity contribution is 5.71. The number of ether oxygens (including phenoxy) is 1. The van der Waals surface area contributed by atoms with Gasteiger partial charge in [0.15, 0.2) is 0 Å². The highest BCUT2D eigenvalue weighted by atomic mass is 16.5. The second-order valence-corrected chi connectivity index (χ2v) is 5.93. The van der Waals surface area contributed by atoms with Crippen molar-refractivity contribution in [2.75, 3.05) is 39.9 Å². The van der Waals surface area contributed by atoms with Crippen molar-refractivity contribution >= 4 is 5.97 Å². The molecule has 0 aromatic rings. The highest BCUT2D eigenvalue weighted by Gasteiger charge is 2.29. The Balaban J connectivity index is 1.81. The maximum Gasteiger partial charge on any atom is 0.319 e. The Morgan fingerprint density at radius 1 is 1.37 bits per heavy atom. The van der Waals surface area contributed by atoms with Gasteiger partial charge in [-0.1, -0.05) is 0 Å². The molecule has 5 heteroatoms. The third-order valence-corrected chi connectivity index (χ3v) is 4.12. The summed E-state index contributed by atoms with van der Waals surface area (Å²) in [6.45, 7) is 3.48. The van der Waals surface area contributed by atoms with E-state index in [9.17, 15) is 4.79 Å². The molecule has 0 amide bonds. The fraction of sp³-hybridized carbons (Fsp3) is 0.929. The topological polar surface area (TPSA) is 61.8 Å². The second-order valence-electron chi connectivity index (χ2n) is 5.93. The Bertz CT molecular complexity index is 294. The molecule has 2 N–H and O–H groups in total. The summed E-state index contributed by atoms with van der Waals surface area (Å²) >= 11 is 0. The molecule has 1 aliphatic heterocycles. The molecule has 19 heavy (non-hydrogen) atoms. The summed E-state index contributed by atoms with van der Waals surface area (Å²) in [4.78, 5) is 13.5. The van der Waals surface area contributed by atoms with Gasteiger partial charge < -0.3 is 15.2 Å². The normalized spacial score (nSPS) is 28.3. The molecule has 2 atom stereocenters. The minimum Gasteiger partial charge on any atom is -0.468 e. The predicted molar refractivity (Wildman–Crippen MR) is 72.8 cm³/mol. The number of rotatable bonds is 7. The summed E-state index contributed by atoms with van der Waals surface area (Å²) in [7, 11) is 1.43. The summed E-state index contributed by atoms with van der Waals surface area (Å²) in [5.74, 6) is 1.16. The van der Waals surface area contributed by atoms with Gasteiger partial charge in [-0.05, 0) is 44.1 Å². The molecule has 1 saturated heterocycles. The van der Waals surface area contributed by atoms with Crippen molar-refractivity contribution in [3.8, 4) is 0 Å². The molecule has 5 nitrogen and oxygen atoms in total. The maximum atomic E-state index is 11.4. The summed E-state index contributed by atoms with van der Waals surface area (Å²) in [5.41, 5.74) is 0. The monoisotopic (exact) mass is 270 g/mol. The lowest BCUT2D eigenvalue weighted by molar-refractivity contribution is -0.142. The minimum atomic E-state index is -0.175. The van der Waals surface area contributed by atoms with Crippen LogP contribution in [0.25, 0.3) is 0 Å². The number of esters is 1. The van der Waals surface area contributed by atoms with E-state index in [1.165, 1.54) is 20.0 Å². The summed E-state index contributed by atoms with van der Waals surface area (Å²) in [6.07, 6.45) is 4.63. The van der Waals surface area contributed by atoms with Gasteiger partial charge >= 0.3 is 5.97 Å². The molecule has 0 aromatic carbocycles. The molecule has 0 bridgehead atoms. The summed E-state index contributed by atoms with van der Waals surface area (Å²) < 4.78 is 4.74. The molecule has 2 aliphatic rings. The predicted octanol–water partition coefficient (Wildman–Crippen LogP) is 0.232. The Kier molecular flexibility index (Phi) is 5.60. The van der Waals surface area contributed by atoms with Crippen LogP contribution in [0.3, 0.4) is 0 Å².